The van der Waals surface area contributed by atoms with Crippen LogP contribution in [0.5, 0.6) is 0 Å². The van der Waals surface area contributed by atoms with Crippen LogP contribution >= 0.6 is 11.3 Å². The minimum atomic E-state index is -0.532. The van der Waals surface area contributed by atoms with E-state index in [0.717, 1.165) is 10.4 Å². The molecule has 114 valence electrons. The van der Waals surface area contributed by atoms with Gasteiger partial charge in [-0.2, -0.15) is 0 Å². The van der Waals surface area contributed by atoms with Crippen LogP contribution in [0.25, 0.3) is 0 Å². The van der Waals surface area contributed by atoms with Gasteiger partial charge in [-0.3, -0.25) is 4.90 Å². The average Bonchev–Trinajstić information content (AvgIpc) is 2.94. The Morgan fingerprint density at radius 1 is 1.29 bits per heavy atom. The summed E-state index contributed by atoms with van der Waals surface area (Å²) in [6, 6.07) is 10.4. The maximum atomic E-state index is 12.8. The van der Waals surface area contributed by atoms with E-state index < -0.39 is 6.10 Å². The summed E-state index contributed by atoms with van der Waals surface area (Å²) >= 11 is 1.64. The van der Waals surface area contributed by atoms with E-state index in [2.05, 4.69) is 0 Å². The standard InChI is InChI=1S/C16H20FNO2S/c1-18(9-13-4-6-14(17)7-5-13)10-15(19)11-20-12-16-3-2-8-21-16/h2-8,15,19H,9-12H2,1H3. The molecule has 3 nitrogen and oxygen atoms in total. The Bertz CT molecular complexity index is 516. The molecule has 1 N–H and O–H groups in total. The normalized spacial score (nSPS) is 12.8. The third kappa shape index (κ3) is 5.93. The van der Waals surface area contributed by atoms with Gasteiger partial charge in [0.15, 0.2) is 0 Å². The summed E-state index contributed by atoms with van der Waals surface area (Å²) in [6.07, 6.45) is -0.532. The van der Waals surface area contributed by atoms with Gasteiger partial charge in [-0.05, 0) is 36.2 Å². The van der Waals surface area contributed by atoms with E-state index in [1.165, 1.54) is 12.1 Å². The van der Waals surface area contributed by atoms with Gasteiger partial charge in [0.1, 0.15) is 5.82 Å². The lowest BCUT2D eigenvalue weighted by molar-refractivity contribution is 0.0135. The molecular formula is C16H20FNO2S. The minimum Gasteiger partial charge on any atom is -0.389 e. The van der Waals surface area contributed by atoms with Crippen molar-refractivity contribution in [2.75, 3.05) is 20.2 Å². The Hall–Kier alpha value is -1.27. The highest BCUT2D eigenvalue weighted by Crippen LogP contribution is 2.10. The quantitative estimate of drug-likeness (QED) is 0.814. The second-order valence-corrected chi connectivity index (χ2v) is 6.10. The second kappa shape index (κ2) is 8.24. The number of thiophene rings is 1. The number of hydrogen-bond donors (Lipinski definition) is 1. The monoisotopic (exact) mass is 309 g/mol. The molecule has 0 amide bonds. The summed E-state index contributed by atoms with van der Waals surface area (Å²) in [7, 11) is 1.92. The van der Waals surface area contributed by atoms with Gasteiger partial charge in [-0.1, -0.05) is 18.2 Å². The van der Waals surface area contributed by atoms with Crippen LogP contribution in [0.3, 0.4) is 0 Å². The molecule has 2 aromatic rings. The van der Waals surface area contributed by atoms with Crippen molar-refractivity contribution in [2.24, 2.45) is 0 Å². The lowest BCUT2D eigenvalue weighted by atomic mass is 10.2. The highest BCUT2D eigenvalue weighted by molar-refractivity contribution is 7.09. The van der Waals surface area contributed by atoms with Gasteiger partial charge in [0.2, 0.25) is 0 Å². The van der Waals surface area contributed by atoms with Crippen molar-refractivity contribution < 1.29 is 14.2 Å². The topological polar surface area (TPSA) is 32.7 Å². The van der Waals surface area contributed by atoms with E-state index in [-0.39, 0.29) is 5.82 Å². The smallest absolute Gasteiger partial charge is 0.123 e. The van der Waals surface area contributed by atoms with Crippen LogP contribution in [-0.2, 0) is 17.9 Å². The van der Waals surface area contributed by atoms with Crippen LogP contribution in [0.4, 0.5) is 4.39 Å². The molecule has 0 fully saturated rings. The molecule has 0 spiro atoms. The van der Waals surface area contributed by atoms with Gasteiger partial charge < -0.3 is 9.84 Å². The van der Waals surface area contributed by atoms with E-state index in [1.807, 2.05) is 29.5 Å². The Kier molecular flexibility index (Phi) is 6.32. The maximum absolute atomic E-state index is 12.8. The zero-order chi connectivity index (χ0) is 15.1. The van der Waals surface area contributed by atoms with Gasteiger partial charge >= 0.3 is 0 Å². The van der Waals surface area contributed by atoms with Crippen LogP contribution < -0.4 is 0 Å². The van der Waals surface area contributed by atoms with Crippen molar-refractivity contribution in [2.45, 2.75) is 19.3 Å². The number of likely N-dealkylation sites (N-methyl/N-ethyl adjacent to an activating group) is 1. The molecule has 0 saturated carbocycles. The summed E-state index contributed by atoms with van der Waals surface area (Å²) in [6.45, 7) is 2.03. The summed E-state index contributed by atoms with van der Waals surface area (Å²) in [5, 5.41) is 12.0. The molecule has 1 aromatic carbocycles. The Morgan fingerprint density at radius 3 is 2.71 bits per heavy atom. The summed E-state index contributed by atoms with van der Waals surface area (Å²) in [5.74, 6) is -0.233. The molecule has 5 heteroatoms. The number of hydrogen-bond acceptors (Lipinski definition) is 4. The Morgan fingerprint density at radius 2 is 2.05 bits per heavy atom. The number of rotatable bonds is 8. The molecule has 1 unspecified atom stereocenters. The Labute approximate surface area is 128 Å². The summed E-state index contributed by atoms with van der Waals surface area (Å²) in [4.78, 5) is 3.15. The van der Waals surface area contributed by atoms with Crippen molar-refractivity contribution in [3.63, 3.8) is 0 Å². The van der Waals surface area contributed by atoms with Crippen LogP contribution in [0, 0.1) is 5.82 Å². The number of nitrogens with zero attached hydrogens (tertiary/aromatic N) is 1. The largest absolute Gasteiger partial charge is 0.389 e. The van der Waals surface area contributed by atoms with Crippen LogP contribution in [0.1, 0.15) is 10.4 Å². The molecule has 21 heavy (non-hydrogen) atoms. The minimum absolute atomic E-state index is 0.233. The molecule has 1 atom stereocenters. The van der Waals surface area contributed by atoms with Crippen molar-refractivity contribution in [1.82, 2.24) is 4.90 Å². The van der Waals surface area contributed by atoms with E-state index in [1.54, 1.807) is 23.5 Å². The first-order valence-corrected chi connectivity index (χ1v) is 7.72. The van der Waals surface area contributed by atoms with Gasteiger partial charge in [-0.15, -0.1) is 11.3 Å². The molecule has 1 aromatic heterocycles. The fourth-order valence-electron chi connectivity index (χ4n) is 2.07. The summed E-state index contributed by atoms with van der Waals surface area (Å²) in [5.41, 5.74) is 1.02. The fraction of sp³-hybridized carbons (Fsp3) is 0.375. The van der Waals surface area contributed by atoms with E-state index in [0.29, 0.717) is 26.3 Å². The lowest BCUT2D eigenvalue weighted by Crippen LogP contribution is -2.31. The van der Waals surface area contributed by atoms with Gasteiger partial charge in [0.05, 0.1) is 19.3 Å². The number of aliphatic hydroxyl groups is 1. The van der Waals surface area contributed by atoms with Crippen molar-refractivity contribution in [3.05, 3.63) is 58.0 Å². The van der Waals surface area contributed by atoms with Crippen LogP contribution in [0.15, 0.2) is 41.8 Å². The average molecular weight is 309 g/mol. The van der Waals surface area contributed by atoms with Crippen molar-refractivity contribution >= 4 is 11.3 Å². The molecule has 0 bridgehead atoms. The third-order valence-electron chi connectivity index (χ3n) is 3.02. The molecular weight excluding hydrogens is 289 g/mol. The second-order valence-electron chi connectivity index (χ2n) is 5.07. The first-order valence-electron chi connectivity index (χ1n) is 6.84. The number of benzene rings is 1. The number of ether oxygens (including phenoxy) is 1. The van der Waals surface area contributed by atoms with Crippen molar-refractivity contribution in [3.8, 4) is 0 Å². The summed E-state index contributed by atoms with van der Waals surface area (Å²) < 4.78 is 18.3. The van der Waals surface area contributed by atoms with E-state index in [9.17, 15) is 9.50 Å². The first-order chi connectivity index (χ1) is 10.1. The van der Waals surface area contributed by atoms with Gasteiger partial charge in [0, 0.05) is 18.0 Å². The predicted octanol–water partition coefficient (Wildman–Crippen LogP) is 2.90. The zero-order valence-corrected chi connectivity index (χ0v) is 12.9. The van der Waals surface area contributed by atoms with E-state index >= 15 is 0 Å². The maximum Gasteiger partial charge on any atom is 0.123 e. The number of aliphatic hydroxyl groups excluding tert-OH is 1. The lowest BCUT2D eigenvalue weighted by Gasteiger charge is -2.20. The fourth-order valence-corrected chi connectivity index (χ4v) is 2.71. The van der Waals surface area contributed by atoms with Crippen LogP contribution in [-0.4, -0.2) is 36.3 Å². The molecule has 2 rings (SSSR count). The highest BCUT2D eigenvalue weighted by atomic mass is 32.1. The highest BCUT2D eigenvalue weighted by Gasteiger charge is 2.09. The zero-order valence-electron chi connectivity index (χ0n) is 12.0. The number of halogens is 1. The SMILES string of the molecule is CN(Cc1ccc(F)cc1)CC(O)COCc1cccs1. The van der Waals surface area contributed by atoms with Crippen molar-refractivity contribution in [1.29, 1.82) is 0 Å². The van der Waals surface area contributed by atoms with Crippen LogP contribution in [0.2, 0.25) is 0 Å². The Balaban J connectivity index is 1.66. The third-order valence-corrected chi connectivity index (χ3v) is 3.87. The predicted molar refractivity (Wildman–Crippen MR) is 82.7 cm³/mol. The molecule has 0 aliphatic rings. The molecule has 0 saturated heterocycles. The molecule has 1 heterocycles. The molecule has 0 aliphatic carbocycles. The first kappa shape index (κ1) is 16.1. The molecule has 0 aliphatic heterocycles. The van der Waals surface area contributed by atoms with E-state index in [4.69, 9.17) is 4.74 Å². The van der Waals surface area contributed by atoms with Gasteiger partial charge in [0.25, 0.3) is 0 Å². The van der Waals surface area contributed by atoms with Gasteiger partial charge in [-0.25, -0.2) is 4.39 Å². The molecule has 0 radical (unpaired) electrons.